The average Bonchev–Trinajstić information content (AvgIpc) is 3.46. The van der Waals surface area contributed by atoms with E-state index in [9.17, 15) is 9.59 Å². The number of halogens is 1. The summed E-state index contributed by atoms with van der Waals surface area (Å²) in [4.78, 5) is 30.9. The minimum Gasteiger partial charge on any atom is -0.496 e. The Morgan fingerprint density at radius 1 is 1.00 bits per heavy atom. The Balaban J connectivity index is 1.36. The Bertz CT molecular complexity index is 2070. The molecule has 4 aromatic carbocycles. The Kier molecular flexibility index (Phi) is 7.63. The van der Waals surface area contributed by atoms with Crippen LogP contribution in [-0.4, -0.2) is 35.5 Å². The lowest BCUT2D eigenvalue weighted by atomic mass is 10.2. The third-order valence-corrected chi connectivity index (χ3v) is 6.93. The summed E-state index contributed by atoms with van der Waals surface area (Å²) in [6.45, 7) is 1.72. The van der Waals surface area contributed by atoms with Crippen LogP contribution in [0.5, 0.6) is 11.5 Å². The first-order valence-electron chi connectivity index (χ1n) is 13.3. The molecule has 0 aliphatic carbocycles. The van der Waals surface area contributed by atoms with Crippen LogP contribution in [0.2, 0.25) is 5.02 Å². The molecule has 1 N–H and O–H groups in total. The number of furan rings is 1. The number of methoxy groups -OCH3 is 1. The number of rotatable bonds is 8. The Hall–Kier alpha value is -5.41. The van der Waals surface area contributed by atoms with Gasteiger partial charge in [-0.2, -0.15) is 9.78 Å². The molecule has 0 atom stereocenters. The molecule has 0 bridgehead atoms. The van der Waals surface area contributed by atoms with E-state index in [1.807, 2.05) is 43.3 Å². The first-order chi connectivity index (χ1) is 20.9. The van der Waals surface area contributed by atoms with Crippen LogP contribution >= 0.6 is 11.6 Å². The summed E-state index contributed by atoms with van der Waals surface area (Å²) >= 11 is 6.29. The molecule has 214 valence electrons. The van der Waals surface area contributed by atoms with E-state index in [1.165, 1.54) is 10.9 Å². The highest BCUT2D eigenvalue weighted by molar-refractivity contribution is 6.30. The SMILES string of the molecule is COc1cccc2oc(-c3nc4ccccc4c(=O)n3N=Cc3cc(Cl)ccc3OCC(=O)Nc3ccc(C)cc3)cc12. The summed E-state index contributed by atoms with van der Waals surface area (Å²) in [6, 6.07) is 26.6. The predicted molar refractivity (Wildman–Crippen MR) is 168 cm³/mol. The van der Waals surface area contributed by atoms with Crippen LogP contribution in [0.15, 0.2) is 105 Å². The first kappa shape index (κ1) is 27.7. The van der Waals surface area contributed by atoms with Crippen molar-refractivity contribution < 1.29 is 18.7 Å². The molecule has 0 unspecified atom stereocenters. The molecule has 2 heterocycles. The fourth-order valence-corrected chi connectivity index (χ4v) is 4.74. The van der Waals surface area contributed by atoms with Crippen LogP contribution in [0, 0.1) is 6.92 Å². The zero-order valence-corrected chi connectivity index (χ0v) is 24.0. The quantitative estimate of drug-likeness (QED) is 0.198. The maximum Gasteiger partial charge on any atom is 0.282 e. The van der Waals surface area contributed by atoms with Crippen LogP contribution in [0.1, 0.15) is 11.1 Å². The largest absolute Gasteiger partial charge is 0.496 e. The molecule has 43 heavy (non-hydrogen) atoms. The van der Waals surface area contributed by atoms with E-state index in [-0.39, 0.29) is 18.3 Å². The molecule has 10 heteroatoms. The molecular weight excluding hydrogens is 568 g/mol. The summed E-state index contributed by atoms with van der Waals surface area (Å²) in [6.07, 6.45) is 1.43. The smallest absolute Gasteiger partial charge is 0.282 e. The van der Waals surface area contributed by atoms with E-state index in [0.29, 0.717) is 50.0 Å². The van der Waals surface area contributed by atoms with Crippen molar-refractivity contribution in [3.05, 3.63) is 117 Å². The number of benzene rings is 4. The predicted octanol–water partition coefficient (Wildman–Crippen LogP) is 6.68. The molecule has 0 radical (unpaired) electrons. The molecule has 1 amide bonds. The number of para-hydroxylation sites is 1. The van der Waals surface area contributed by atoms with Gasteiger partial charge in [-0.3, -0.25) is 9.59 Å². The number of fused-ring (bicyclic) bond motifs is 2. The Morgan fingerprint density at radius 3 is 2.63 bits per heavy atom. The fraction of sp³-hybridized carbons (Fsp3) is 0.0909. The summed E-state index contributed by atoms with van der Waals surface area (Å²) in [5, 5.41) is 8.84. The van der Waals surface area contributed by atoms with Crippen molar-refractivity contribution in [1.82, 2.24) is 9.66 Å². The number of aromatic nitrogens is 2. The molecule has 0 saturated carbocycles. The number of hydrogen-bond donors (Lipinski definition) is 1. The number of amides is 1. The van der Waals surface area contributed by atoms with Gasteiger partial charge >= 0.3 is 0 Å². The Labute approximate surface area is 251 Å². The fourth-order valence-electron chi connectivity index (χ4n) is 4.56. The molecule has 0 saturated heterocycles. The van der Waals surface area contributed by atoms with Crippen molar-refractivity contribution in [2.45, 2.75) is 6.92 Å². The number of ether oxygens (including phenoxy) is 2. The monoisotopic (exact) mass is 592 g/mol. The van der Waals surface area contributed by atoms with Gasteiger partial charge in [0, 0.05) is 16.3 Å². The van der Waals surface area contributed by atoms with E-state index >= 15 is 0 Å². The molecule has 9 nitrogen and oxygen atoms in total. The summed E-state index contributed by atoms with van der Waals surface area (Å²) < 4.78 is 18.6. The highest BCUT2D eigenvalue weighted by Gasteiger charge is 2.18. The molecule has 0 aliphatic heterocycles. The van der Waals surface area contributed by atoms with Crippen LogP contribution in [-0.2, 0) is 4.79 Å². The van der Waals surface area contributed by atoms with E-state index in [2.05, 4.69) is 10.4 Å². The molecule has 6 aromatic rings. The standard InChI is InChI=1S/C33H25ClN4O5/c1-20-10-13-23(14-11-20)36-31(39)19-42-27-15-12-22(34)16-21(27)18-35-38-32(37-26-7-4-3-6-24(26)33(38)40)30-17-25-28(41-2)8-5-9-29(25)43-30/h3-18H,19H2,1-2H3,(H,36,39). The molecule has 0 spiro atoms. The van der Waals surface area contributed by atoms with Crippen LogP contribution < -0.4 is 20.3 Å². The van der Waals surface area contributed by atoms with Crippen LogP contribution in [0.3, 0.4) is 0 Å². The molecule has 0 aliphatic rings. The third-order valence-electron chi connectivity index (χ3n) is 6.69. The number of aryl methyl sites for hydroxylation is 1. The normalized spacial score (nSPS) is 11.3. The number of carbonyl (C=O) groups excluding carboxylic acids is 1. The maximum atomic E-state index is 13.7. The van der Waals surface area contributed by atoms with Crippen molar-refractivity contribution in [2.75, 3.05) is 19.0 Å². The second-order valence-electron chi connectivity index (χ2n) is 9.68. The minimum absolute atomic E-state index is 0.195. The average molecular weight is 593 g/mol. The van der Waals surface area contributed by atoms with Crippen molar-refractivity contribution in [3.8, 4) is 23.1 Å². The number of nitrogens with one attached hydrogen (secondary N) is 1. The second-order valence-corrected chi connectivity index (χ2v) is 10.1. The van der Waals surface area contributed by atoms with Gasteiger partial charge in [0.2, 0.25) is 5.82 Å². The number of anilines is 1. The highest BCUT2D eigenvalue weighted by Crippen LogP contribution is 2.33. The maximum absolute atomic E-state index is 13.7. The first-order valence-corrected chi connectivity index (χ1v) is 13.7. The molecule has 0 fully saturated rings. The molecular formula is C33H25ClN4O5. The van der Waals surface area contributed by atoms with Crippen molar-refractivity contribution in [2.24, 2.45) is 5.10 Å². The topological polar surface area (TPSA) is 108 Å². The van der Waals surface area contributed by atoms with E-state index < -0.39 is 5.56 Å². The zero-order valence-electron chi connectivity index (χ0n) is 23.2. The number of hydrogen-bond acceptors (Lipinski definition) is 7. The summed E-state index contributed by atoms with van der Waals surface area (Å²) in [7, 11) is 1.58. The lowest BCUT2D eigenvalue weighted by Gasteiger charge is -2.11. The van der Waals surface area contributed by atoms with Crippen molar-refractivity contribution in [3.63, 3.8) is 0 Å². The van der Waals surface area contributed by atoms with Crippen LogP contribution in [0.25, 0.3) is 33.5 Å². The lowest BCUT2D eigenvalue weighted by molar-refractivity contribution is -0.118. The highest BCUT2D eigenvalue weighted by atomic mass is 35.5. The van der Waals surface area contributed by atoms with Gasteiger partial charge in [0.25, 0.3) is 11.5 Å². The van der Waals surface area contributed by atoms with Gasteiger partial charge in [0.1, 0.15) is 17.1 Å². The molecule has 2 aromatic heterocycles. The minimum atomic E-state index is -0.397. The summed E-state index contributed by atoms with van der Waals surface area (Å²) in [5.74, 6) is 1.16. The van der Waals surface area contributed by atoms with E-state index in [0.717, 1.165) is 10.9 Å². The van der Waals surface area contributed by atoms with Crippen molar-refractivity contribution >= 4 is 51.3 Å². The lowest BCUT2D eigenvalue weighted by Crippen LogP contribution is -2.21. The summed E-state index contributed by atoms with van der Waals surface area (Å²) in [5.41, 5.74) is 2.87. The van der Waals surface area contributed by atoms with Gasteiger partial charge in [-0.15, -0.1) is 0 Å². The van der Waals surface area contributed by atoms with Gasteiger partial charge in [-0.05, 0) is 67.6 Å². The number of nitrogens with zero attached hydrogens (tertiary/aromatic N) is 3. The van der Waals surface area contributed by atoms with Gasteiger partial charge in [-0.25, -0.2) is 4.98 Å². The van der Waals surface area contributed by atoms with Gasteiger partial charge in [0.15, 0.2) is 12.4 Å². The van der Waals surface area contributed by atoms with Crippen molar-refractivity contribution in [1.29, 1.82) is 0 Å². The molecule has 6 rings (SSSR count). The zero-order chi connectivity index (χ0) is 29.9. The van der Waals surface area contributed by atoms with Crippen LogP contribution in [0.4, 0.5) is 5.69 Å². The van der Waals surface area contributed by atoms with E-state index in [1.54, 1.807) is 61.7 Å². The third kappa shape index (κ3) is 5.84. The van der Waals surface area contributed by atoms with Gasteiger partial charge in [-0.1, -0.05) is 47.5 Å². The van der Waals surface area contributed by atoms with E-state index in [4.69, 9.17) is 30.5 Å². The number of carbonyl (C=O) groups is 1. The van der Waals surface area contributed by atoms with Gasteiger partial charge < -0.3 is 19.2 Å². The second kappa shape index (κ2) is 11.8. The van der Waals surface area contributed by atoms with Gasteiger partial charge in [0.05, 0.1) is 29.6 Å². The Morgan fingerprint density at radius 2 is 1.81 bits per heavy atom.